The highest BCUT2D eigenvalue weighted by molar-refractivity contribution is 7.91. The highest BCUT2D eigenvalue weighted by atomic mass is 32.2. The Labute approximate surface area is 129 Å². The van der Waals surface area contributed by atoms with Crippen molar-refractivity contribution in [1.82, 2.24) is 5.32 Å². The predicted octanol–water partition coefficient (Wildman–Crippen LogP) is 0.952. The van der Waals surface area contributed by atoms with E-state index in [0.717, 1.165) is 5.70 Å². The van der Waals surface area contributed by atoms with Crippen LogP contribution in [0.25, 0.3) is 0 Å². The van der Waals surface area contributed by atoms with Gasteiger partial charge in [0, 0.05) is 36.5 Å². The maximum absolute atomic E-state index is 12.3. The number of nitrogens with zero attached hydrogens (tertiary/aromatic N) is 1. The number of benzene rings is 1. The third-order valence-electron chi connectivity index (χ3n) is 3.87. The van der Waals surface area contributed by atoms with E-state index in [1.165, 1.54) is 6.07 Å². The molecular formula is C15H17N3O3S. The van der Waals surface area contributed by atoms with Crippen molar-refractivity contribution < 1.29 is 13.2 Å². The van der Waals surface area contributed by atoms with Gasteiger partial charge < -0.3 is 11.1 Å². The molecule has 1 aromatic rings. The Morgan fingerprint density at radius 2 is 2.18 bits per heavy atom. The van der Waals surface area contributed by atoms with Gasteiger partial charge in [-0.15, -0.1) is 0 Å². The minimum atomic E-state index is -3.36. The van der Waals surface area contributed by atoms with Gasteiger partial charge in [-0.25, -0.2) is 8.42 Å². The van der Waals surface area contributed by atoms with E-state index in [9.17, 15) is 13.2 Å². The van der Waals surface area contributed by atoms with Crippen LogP contribution in [0.3, 0.4) is 0 Å². The summed E-state index contributed by atoms with van der Waals surface area (Å²) in [6, 6.07) is 4.39. The molecule has 7 heteroatoms. The van der Waals surface area contributed by atoms with Gasteiger partial charge in [-0.05, 0) is 30.2 Å². The molecule has 3 N–H and O–H groups in total. The molecule has 116 valence electrons. The lowest BCUT2D eigenvalue weighted by Crippen LogP contribution is -2.27. The number of fused-ring (bicyclic) bond motifs is 1. The van der Waals surface area contributed by atoms with Crippen LogP contribution in [0, 0.1) is 0 Å². The van der Waals surface area contributed by atoms with Crippen LogP contribution in [0.2, 0.25) is 0 Å². The van der Waals surface area contributed by atoms with Crippen LogP contribution in [-0.2, 0) is 9.84 Å². The number of rotatable bonds is 2. The van der Waals surface area contributed by atoms with Crippen LogP contribution in [-0.4, -0.2) is 32.8 Å². The summed E-state index contributed by atoms with van der Waals surface area (Å²) in [5.74, 6) is -0.299. The van der Waals surface area contributed by atoms with E-state index < -0.39 is 9.84 Å². The molecule has 0 aliphatic carbocycles. The van der Waals surface area contributed by atoms with E-state index in [2.05, 4.69) is 10.3 Å². The van der Waals surface area contributed by atoms with Gasteiger partial charge in [0.15, 0.2) is 9.84 Å². The lowest BCUT2D eigenvalue weighted by atomic mass is 10.0. The quantitative estimate of drug-likeness (QED) is 0.847. The van der Waals surface area contributed by atoms with Crippen LogP contribution < -0.4 is 11.1 Å². The van der Waals surface area contributed by atoms with Crippen molar-refractivity contribution in [2.75, 3.05) is 12.3 Å². The molecule has 2 aliphatic heterocycles. The van der Waals surface area contributed by atoms with E-state index in [1.807, 2.05) is 0 Å². The summed E-state index contributed by atoms with van der Waals surface area (Å²) in [5, 5.41) is 2.79. The summed E-state index contributed by atoms with van der Waals surface area (Å²) in [7, 11) is -3.36. The zero-order valence-corrected chi connectivity index (χ0v) is 12.8. The van der Waals surface area contributed by atoms with Gasteiger partial charge in [0.25, 0.3) is 5.91 Å². The highest BCUT2D eigenvalue weighted by Crippen LogP contribution is 2.31. The first-order valence-electron chi connectivity index (χ1n) is 7.10. The van der Waals surface area contributed by atoms with Gasteiger partial charge >= 0.3 is 0 Å². The Bertz CT molecular complexity index is 781. The molecule has 0 saturated carbocycles. The molecule has 2 heterocycles. The van der Waals surface area contributed by atoms with Crippen molar-refractivity contribution >= 4 is 22.0 Å². The summed E-state index contributed by atoms with van der Waals surface area (Å²) in [4.78, 5) is 16.5. The van der Waals surface area contributed by atoms with Crippen LogP contribution in [0.4, 0.5) is 0 Å². The first-order valence-corrected chi connectivity index (χ1v) is 8.75. The second kappa shape index (κ2) is 5.66. The number of nitrogens with two attached hydrogens (primary N) is 1. The zero-order valence-electron chi connectivity index (χ0n) is 12.0. The molecule has 0 saturated heterocycles. The van der Waals surface area contributed by atoms with E-state index in [-0.39, 0.29) is 22.6 Å². The molecule has 0 bridgehead atoms. The number of carbonyl (C=O) groups excluding carboxylic acids is 1. The molecule has 22 heavy (non-hydrogen) atoms. The SMILES string of the molecule is N[C@H]1CCS(=O)(=O)c2cc(C(=O)NC3=CC=NCC3)ccc21. The van der Waals surface area contributed by atoms with Gasteiger partial charge in [-0.3, -0.25) is 9.79 Å². The average molecular weight is 319 g/mol. The molecular weight excluding hydrogens is 302 g/mol. The fourth-order valence-electron chi connectivity index (χ4n) is 2.61. The lowest BCUT2D eigenvalue weighted by molar-refractivity contribution is 0.0964. The van der Waals surface area contributed by atoms with Gasteiger partial charge in [-0.1, -0.05) is 6.07 Å². The zero-order chi connectivity index (χ0) is 15.7. The fraction of sp³-hybridized carbons (Fsp3) is 0.333. The van der Waals surface area contributed by atoms with Crippen molar-refractivity contribution in [2.45, 2.75) is 23.8 Å². The number of hydrogen-bond acceptors (Lipinski definition) is 5. The highest BCUT2D eigenvalue weighted by Gasteiger charge is 2.29. The van der Waals surface area contributed by atoms with Gasteiger partial charge in [0.2, 0.25) is 0 Å². The second-order valence-corrected chi connectivity index (χ2v) is 7.50. The van der Waals surface area contributed by atoms with Crippen molar-refractivity contribution in [3.05, 3.63) is 41.1 Å². The molecule has 1 aromatic carbocycles. The van der Waals surface area contributed by atoms with Gasteiger partial charge in [0.05, 0.1) is 10.6 Å². The van der Waals surface area contributed by atoms with E-state index in [0.29, 0.717) is 30.5 Å². The standard InChI is InChI=1S/C15H17N3O3S/c16-13-5-8-22(20,21)14-9-10(1-2-12(13)14)15(19)18-11-3-6-17-7-4-11/h1-3,6,9,13H,4-5,7-8,16H2,(H,18,19)/t13-/m0/s1. The Kier molecular flexibility index (Phi) is 3.84. The van der Waals surface area contributed by atoms with Crippen LogP contribution in [0.5, 0.6) is 0 Å². The maximum atomic E-state index is 12.3. The van der Waals surface area contributed by atoms with Gasteiger partial charge in [-0.2, -0.15) is 0 Å². The minimum Gasteiger partial charge on any atom is -0.326 e. The largest absolute Gasteiger partial charge is 0.326 e. The summed E-state index contributed by atoms with van der Waals surface area (Å²) < 4.78 is 24.3. The van der Waals surface area contributed by atoms with Crippen LogP contribution in [0.15, 0.2) is 39.9 Å². The number of sulfone groups is 1. The molecule has 2 aliphatic rings. The van der Waals surface area contributed by atoms with Crippen molar-refractivity contribution in [3.8, 4) is 0 Å². The Morgan fingerprint density at radius 1 is 1.36 bits per heavy atom. The minimum absolute atomic E-state index is 0.0217. The molecule has 1 atom stereocenters. The number of carbonyl (C=O) groups is 1. The fourth-order valence-corrected chi connectivity index (χ4v) is 4.28. The van der Waals surface area contributed by atoms with E-state index in [4.69, 9.17) is 5.73 Å². The first kappa shape index (κ1) is 14.9. The molecule has 0 aromatic heterocycles. The third kappa shape index (κ3) is 2.82. The first-order chi connectivity index (χ1) is 10.5. The molecule has 0 unspecified atom stereocenters. The molecule has 6 nitrogen and oxygen atoms in total. The van der Waals surface area contributed by atoms with Crippen molar-refractivity contribution in [1.29, 1.82) is 0 Å². The lowest BCUT2D eigenvalue weighted by Gasteiger charge is -2.22. The summed E-state index contributed by atoms with van der Waals surface area (Å²) in [6.07, 6.45) is 4.46. The molecule has 0 spiro atoms. The molecule has 0 fully saturated rings. The van der Waals surface area contributed by atoms with E-state index in [1.54, 1.807) is 24.4 Å². The molecule has 1 amide bonds. The summed E-state index contributed by atoms with van der Waals surface area (Å²) in [5.41, 5.74) is 7.64. The summed E-state index contributed by atoms with van der Waals surface area (Å²) >= 11 is 0. The maximum Gasteiger partial charge on any atom is 0.255 e. The average Bonchev–Trinajstić information content (AvgIpc) is 2.52. The van der Waals surface area contributed by atoms with Gasteiger partial charge in [0.1, 0.15) is 0 Å². The summed E-state index contributed by atoms with van der Waals surface area (Å²) in [6.45, 7) is 0.638. The second-order valence-electron chi connectivity index (χ2n) is 5.42. The number of aliphatic imine (C=N–C) groups is 1. The van der Waals surface area contributed by atoms with Crippen molar-refractivity contribution in [2.24, 2.45) is 10.7 Å². The smallest absolute Gasteiger partial charge is 0.255 e. The molecule has 0 radical (unpaired) electrons. The Balaban J connectivity index is 1.91. The monoisotopic (exact) mass is 319 g/mol. The number of amides is 1. The van der Waals surface area contributed by atoms with Crippen molar-refractivity contribution in [3.63, 3.8) is 0 Å². The normalized spacial score (nSPS) is 22.6. The Morgan fingerprint density at radius 3 is 2.91 bits per heavy atom. The molecule has 3 rings (SSSR count). The Hall–Kier alpha value is -1.99. The number of allylic oxidation sites excluding steroid dienone is 1. The number of dihydropyridines is 1. The van der Waals surface area contributed by atoms with Crippen LogP contribution >= 0.6 is 0 Å². The number of nitrogens with one attached hydrogen (secondary N) is 1. The predicted molar refractivity (Wildman–Crippen MR) is 83.6 cm³/mol. The topological polar surface area (TPSA) is 102 Å². The third-order valence-corrected chi connectivity index (χ3v) is 5.67. The van der Waals surface area contributed by atoms with Crippen LogP contribution in [0.1, 0.15) is 34.8 Å². The van der Waals surface area contributed by atoms with E-state index >= 15 is 0 Å². The number of hydrogen-bond donors (Lipinski definition) is 2.